The first kappa shape index (κ1) is 15.8. The third-order valence-electron chi connectivity index (χ3n) is 3.03. The quantitative estimate of drug-likeness (QED) is 0.757. The second-order valence-corrected chi connectivity index (χ2v) is 4.80. The molecular weight excluding hydrogens is 242 g/mol. The van der Waals surface area contributed by atoms with E-state index >= 15 is 0 Å². The molecule has 0 heterocycles. The molecule has 0 aromatic heterocycles. The fraction of sp³-hybridized carbons (Fsp3) is 0.600. The van der Waals surface area contributed by atoms with Crippen LogP contribution in [0.25, 0.3) is 0 Å². The Bertz CT molecular complexity index is 380. The van der Waals surface area contributed by atoms with Crippen molar-refractivity contribution in [1.82, 2.24) is 0 Å². The molecule has 0 amide bonds. The second-order valence-electron chi connectivity index (χ2n) is 4.80. The van der Waals surface area contributed by atoms with Gasteiger partial charge in [-0.15, -0.1) is 0 Å². The van der Waals surface area contributed by atoms with E-state index in [1.807, 2.05) is 25.1 Å². The maximum atomic E-state index is 9.70. The smallest absolute Gasteiger partial charge is 0.161 e. The highest BCUT2D eigenvalue weighted by atomic mass is 16.5. The van der Waals surface area contributed by atoms with Crippen molar-refractivity contribution < 1.29 is 14.6 Å². The van der Waals surface area contributed by atoms with E-state index in [0.717, 1.165) is 29.9 Å². The highest BCUT2D eigenvalue weighted by Crippen LogP contribution is 2.28. The summed E-state index contributed by atoms with van der Waals surface area (Å²) in [4.78, 5) is 0. The van der Waals surface area contributed by atoms with E-state index in [2.05, 4.69) is 6.92 Å². The van der Waals surface area contributed by atoms with Gasteiger partial charge in [0, 0.05) is 6.04 Å². The molecule has 2 unspecified atom stereocenters. The third-order valence-corrected chi connectivity index (χ3v) is 3.03. The van der Waals surface area contributed by atoms with Crippen LogP contribution in [0.3, 0.4) is 0 Å². The minimum absolute atomic E-state index is 0.200. The summed E-state index contributed by atoms with van der Waals surface area (Å²) in [5.74, 6) is 1.50. The topological polar surface area (TPSA) is 64.7 Å². The van der Waals surface area contributed by atoms with E-state index in [1.54, 1.807) is 7.11 Å². The van der Waals surface area contributed by atoms with Crippen LogP contribution in [0.5, 0.6) is 11.5 Å². The van der Waals surface area contributed by atoms with E-state index in [9.17, 15) is 5.11 Å². The van der Waals surface area contributed by atoms with Crippen molar-refractivity contribution >= 4 is 0 Å². The van der Waals surface area contributed by atoms with Gasteiger partial charge in [0.25, 0.3) is 0 Å². The summed E-state index contributed by atoms with van der Waals surface area (Å²) in [6, 6.07) is 5.68. The zero-order chi connectivity index (χ0) is 14.3. The number of hydrogen-bond acceptors (Lipinski definition) is 4. The summed E-state index contributed by atoms with van der Waals surface area (Å²) in [6.07, 6.45) is 1.91. The maximum absolute atomic E-state index is 9.70. The lowest BCUT2D eigenvalue weighted by atomic mass is 10.0. The van der Waals surface area contributed by atoms with Crippen molar-refractivity contribution in [2.24, 2.45) is 5.73 Å². The summed E-state index contributed by atoms with van der Waals surface area (Å²) < 4.78 is 10.9. The zero-order valence-corrected chi connectivity index (χ0v) is 12.1. The van der Waals surface area contributed by atoms with Gasteiger partial charge in [-0.3, -0.25) is 0 Å². The van der Waals surface area contributed by atoms with Gasteiger partial charge in [-0.2, -0.15) is 0 Å². The van der Waals surface area contributed by atoms with Crippen molar-refractivity contribution in [3.63, 3.8) is 0 Å². The number of benzene rings is 1. The van der Waals surface area contributed by atoms with Crippen LogP contribution >= 0.6 is 0 Å². The highest BCUT2D eigenvalue weighted by molar-refractivity contribution is 5.43. The third kappa shape index (κ3) is 5.09. The SMILES string of the molecule is CCCOc1ccc(CCC(O)C(C)N)cc1OC. The first-order valence-corrected chi connectivity index (χ1v) is 6.81. The van der Waals surface area contributed by atoms with Crippen LogP contribution in [-0.4, -0.2) is 31.0 Å². The van der Waals surface area contributed by atoms with E-state index in [0.29, 0.717) is 13.0 Å². The molecule has 108 valence electrons. The Kier molecular flexibility index (Phi) is 6.67. The first-order valence-electron chi connectivity index (χ1n) is 6.81. The Morgan fingerprint density at radius 1 is 1.32 bits per heavy atom. The van der Waals surface area contributed by atoms with Crippen LogP contribution in [0, 0.1) is 0 Å². The number of aliphatic hydroxyl groups excluding tert-OH is 1. The van der Waals surface area contributed by atoms with Crippen molar-refractivity contribution in [1.29, 1.82) is 0 Å². The van der Waals surface area contributed by atoms with E-state index in [4.69, 9.17) is 15.2 Å². The van der Waals surface area contributed by atoms with Gasteiger partial charge in [0.05, 0.1) is 19.8 Å². The largest absolute Gasteiger partial charge is 0.493 e. The Labute approximate surface area is 115 Å². The summed E-state index contributed by atoms with van der Waals surface area (Å²) in [6.45, 7) is 4.56. The average molecular weight is 267 g/mol. The van der Waals surface area contributed by atoms with Gasteiger partial charge < -0.3 is 20.3 Å². The maximum Gasteiger partial charge on any atom is 0.161 e. The molecule has 0 bridgehead atoms. The molecule has 0 radical (unpaired) electrons. The number of ether oxygens (including phenoxy) is 2. The molecule has 0 aliphatic heterocycles. The van der Waals surface area contributed by atoms with Crippen LogP contribution in [0.15, 0.2) is 18.2 Å². The van der Waals surface area contributed by atoms with Crippen LogP contribution in [-0.2, 0) is 6.42 Å². The normalized spacial score (nSPS) is 13.9. The van der Waals surface area contributed by atoms with Gasteiger partial charge in [0.15, 0.2) is 11.5 Å². The predicted octanol–water partition coefficient (Wildman–Crippen LogP) is 2.12. The summed E-state index contributed by atoms with van der Waals surface area (Å²) >= 11 is 0. The van der Waals surface area contributed by atoms with Crippen LogP contribution in [0.1, 0.15) is 32.3 Å². The molecule has 0 spiro atoms. The molecule has 2 atom stereocenters. The van der Waals surface area contributed by atoms with Gasteiger partial charge in [0.1, 0.15) is 0 Å². The number of aliphatic hydroxyl groups is 1. The van der Waals surface area contributed by atoms with E-state index < -0.39 is 6.10 Å². The van der Waals surface area contributed by atoms with Gasteiger partial charge in [-0.1, -0.05) is 13.0 Å². The Morgan fingerprint density at radius 2 is 2.05 bits per heavy atom. The lowest BCUT2D eigenvalue weighted by Crippen LogP contribution is -2.31. The van der Waals surface area contributed by atoms with Gasteiger partial charge in [-0.25, -0.2) is 0 Å². The van der Waals surface area contributed by atoms with E-state index in [-0.39, 0.29) is 6.04 Å². The van der Waals surface area contributed by atoms with Crippen LogP contribution in [0.2, 0.25) is 0 Å². The number of hydrogen-bond donors (Lipinski definition) is 2. The molecule has 0 aliphatic carbocycles. The van der Waals surface area contributed by atoms with Crippen molar-refractivity contribution in [2.75, 3.05) is 13.7 Å². The standard InChI is InChI=1S/C15H25NO3/c1-4-9-19-14-8-6-12(10-15(14)18-3)5-7-13(17)11(2)16/h6,8,10-11,13,17H,4-5,7,9,16H2,1-3H3. The second kappa shape index (κ2) is 8.02. The molecule has 0 saturated carbocycles. The fourth-order valence-electron chi connectivity index (χ4n) is 1.78. The molecule has 0 fully saturated rings. The number of aryl methyl sites for hydroxylation is 1. The Balaban J connectivity index is 2.65. The van der Waals surface area contributed by atoms with Crippen LogP contribution in [0.4, 0.5) is 0 Å². The number of nitrogens with two attached hydrogens (primary N) is 1. The minimum atomic E-state index is -0.470. The molecule has 0 saturated heterocycles. The number of methoxy groups -OCH3 is 1. The monoisotopic (exact) mass is 267 g/mol. The molecule has 4 heteroatoms. The van der Waals surface area contributed by atoms with Crippen LogP contribution < -0.4 is 15.2 Å². The molecule has 19 heavy (non-hydrogen) atoms. The molecular formula is C15H25NO3. The van der Waals surface area contributed by atoms with E-state index in [1.165, 1.54) is 0 Å². The van der Waals surface area contributed by atoms with Gasteiger partial charge in [-0.05, 0) is 43.9 Å². The zero-order valence-electron chi connectivity index (χ0n) is 12.1. The lowest BCUT2D eigenvalue weighted by molar-refractivity contribution is 0.141. The first-order chi connectivity index (χ1) is 9.08. The Morgan fingerprint density at radius 3 is 2.63 bits per heavy atom. The highest BCUT2D eigenvalue weighted by Gasteiger charge is 2.11. The van der Waals surface area contributed by atoms with Gasteiger partial charge >= 0.3 is 0 Å². The average Bonchev–Trinajstić information content (AvgIpc) is 2.42. The summed E-state index contributed by atoms with van der Waals surface area (Å²) in [5.41, 5.74) is 6.75. The Hall–Kier alpha value is -1.26. The predicted molar refractivity (Wildman–Crippen MR) is 76.8 cm³/mol. The van der Waals surface area contributed by atoms with Gasteiger partial charge in [0.2, 0.25) is 0 Å². The summed E-state index contributed by atoms with van der Waals surface area (Å²) in [5, 5.41) is 9.70. The molecule has 1 aromatic carbocycles. The minimum Gasteiger partial charge on any atom is -0.493 e. The molecule has 0 aliphatic rings. The van der Waals surface area contributed by atoms with Crippen molar-refractivity contribution in [2.45, 2.75) is 45.3 Å². The number of rotatable bonds is 8. The molecule has 1 rings (SSSR count). The summed E-state index contributed by atoms with van der Waals surface area (Å²) in [7, 11) is 1.63. The molecule has 3 N–H and O–H groups in total. The molecule has 4 nitrogen and oxygen atoms in total. The molecule has 1 aromatic rings. The fourth-order valence-corrected chi connectivity index (χ4v) is 1.78. The lowest BCUT2D eigenvalue weighted by Gasteiger charge is -2.15. The van der Waals surface area contributed by atoms with Crippen molar-refractivity contribution in [3.05, 3.63) is 23.8 Å². The van der Waals surface area contributed by atoms with Crippen molar-refractivity contribution in [3.8, 4) is 11.5 Å².